The van der Waals surface area contributed by atoms with Crippen LogP contribution in [0.15, 0.2) is 18.2 Å². The van der Waals surface area contributed by atoms with Crippen molar-refractivity contribution < 1.29 is 13.2 Å². The van der Waals surface area contributed by atoms with Gasteiger partial charge in [0.1, 0.15) is 0 Å². The van der Waals surface area contributed by atoms with Crippen molar-refractivity contribution >= 4 is 11.6 Å². The fourth-order valence-corrected chi connectivity index (χ4v) is 1.54. The molecule has 0 amide bonds. The van der Waals surface area contributed by atoms with E-state index in [-0.39, 0.29) is 16.5 Å². The van der Waals surface area contributed by atoms with Gasteiger partial charge < -0.3 is 0 Å². The highest BCUT2D eigenvalue weighted by Crippen LogP contribution is 2.34. The SMILES string of the molecule is [CH2]C(C)Cc1ccc(Cl)cc1C(F)(F)F. The molecule has 0 bridgehead atoms. The molecule has 1 atom stereocenters. The molecule has 1 aromatic rings. The molecule has 4 heteroatoms. The van der Waals surface area contributed by atoms with Gasteiger partial charge in [0.05, 0.1) is 5.56 Å². The van der Waals surface area contributed by atoms with E-state index in [9.17, 15) is 13.2 Å². The number of hydrogen-bond acceptors (Lipinski definition) is 0. The van der Waals surface area contributed by atoms with E-state index in [0.29, 0.717) is 6.42 Å². The van der Waals surface area contributed by atoms with Gasteiger partial charge in [-0.3, -0.25) is 0 Å². The Morgan fingerprint density at radius 3 is 2.47 bits per heavy atom. The van der Waals surface area contributed by atoms with Crippen molar-refractivity contribution in [3.63, 3.8) is 0 Å². The van der Waals surface area contributed by atoms with Crippen molar-refractivity contribution in [3.8, 4) is 0 Å². The number of alkyl halides is 3. The summed E-state index contributed by atoms with van der Waals surface area (Å²) in [5.74, 6) is -0.0627. The Morgan fingerprint density at radius 2 is 2.00 bits per heavy atom. The van der Waals surface area contributed by atoms with Gasteiger partial charge in [0.25, 0.3) is 0 Å². The number of benzene rings is 1. The maximum absolute atomic E-state index is 12.6. The predicted molar refractivity (Wildman–Crippen MR) is 54.7 cm³/mol. The van der Waals surface area contributed by atoms with Gasteiger partial charge in [-0.05, 0) is 30.0 Å². The van der Waals surface area contributed by atoms with E-state index in [1.54, 1.807) is 6.92 Å². The van der Waals surface area contributed by atoms with Crippen molar-refractivity contribution in [2.45, 2.75) is 19.5 Å². The Balaban J connectivity index is 3.15. The van der Waals surface area contributed by atoms with Crippen LogP contribution in [0, 0.1) is 12.8 Å². The number of hydrogen-bond donors (Lipinski definition) is 0. The summed E-state index contributed by atoms with van der Waals surface area (Å²) in [4.78, 5) is 0. The van der Waals surface area contributed by atoms with Crippen LogP contribution in [0.1, 0.15) is 18.1 Å². The Hall–Kier alpha value is -0.700. The van der Waals surface area contributed by atoms with E-state index in [1.165, 1.54) is 12.1 Å². The molecule has 0 aliphatic rings. The molecule has 83 valence electrons. The van der Waals surface area contributed by atoms with Gasteiger partial charge in [0.15, 0.2) is 0 Å². The second kappa shape index (κ2) is 4.44. The average molecular weight is 236 g/mol. The van der Waals surface area contributed by atoms with Crippen LogP contribution < -0.4 is 0 Å². The molecule has 0 aliphatic heterocycles. The van der Waals surface area contributed by atoms with Crippen molar-refractivity contribution in [1.29, 1.82) is 0 Å². The van der Waals surface area contributed by atoms with Crippen LogP contribution in [0.4, 0.5) is 13.2 Å². The third kappa shape index (κ3) is 3.42. The van der Waals surface area contributed by atoms with Gasteiger partial charge in [-0.1, -0.05) is 31.5 Å². The van der Waals surface area contributed by atoms with Crippen LogP contribution in [-0.2, 0) is 12.6 Å². The summed E-state index contributed by atoms with van der Waals surface area (Å²) in [6, 6.07) is 3.83. The molecule has 0 fully saturated rings. The monoisotopic (exact) mass is 235 g/mol. The Labute approximate surface area is 92.1 Å². The lowest BCUT2D eigenvalue weighted by Crippen LogP contribution is -2.10. The summed E-state index contributed by atoms with van der Waals surface area (Å²) in [6.45, 7) is 5.45. The minimum absolute atomic E-state index is 0.0627. The van der Waals surface area contributed by atoms with Crippen molar-refractivity contribution in [1.82, 2.24) is 0 Å². The van der Waals surface area contributed by atoms with Crippen molar-refractivity contribution in [3.05, 3.63) is 41.3 Å². The van der Waals surface area contributed by atoms with Gasteiger partial charge >= 0.3 is 6.18 Å². The van der Waals surface area contributed by atoms with Crippen LogP contribution in [0.5, 0.6) is 0 Å². The average Bonchev–Trinajstić information content (AvgIpc) is 2.05. The molecule has 0 saturated carbocycles. The predicted octanol–water partition coefficient (Wildman–Crippen LogP) is 4.37. The quantitative estimate of drug-likeness (QED) is 0.714. The summed E-state index contributed by atoms with van der Waals surface area (Å²) in [5.41, 5.74) is -0.417. The zero-order chi connectivity index (χ0) is 11.6. The highest BCUT2D eigenvalue weighted by Gasteiger charge is 2.33. The molecule has 0 heterocycles. The van der Waals surface area contributed by atoms with Gasteiger partial charge in [-0.25, -0.2) is 0 Å². The molecule has 0 aromatic heterocycles. The van der Waals surface area contributed by atoms with Gasteiger partial charge in [-0.15, -0.1) is 0 Å². The van der Waals surface area contributed by atoms with Crippen LogP contribution in [0.3, 0.4) is 0 Å². The van der Waals surface area contributed by atoms with E-state index in [4.69, 9.17) is 11.6 Å². The normalized spacial score (nSPS) is 12.2. The van der Waals surface area contributed by atoms with Crippen LogP contribution >= 0.6 is 11.6 Å². The van der Waals surface area contributed by atoms with Crippen LogP contribution in [0.2, 0.25) is 5.02 Å². The van der Waals surface area contributed by atoms with Crippen LogP contribution in [0.25, 0.3) is 0 Å². The molecule has 15 heavy (non-hydrogen) atoms. The van der Waals surface area contributed by atoms with E-state index >= 15 is 0 Å². The summed E-state index contributed by atoms with van der Waals surface area (Å²) in [7, 11) is 0. The second-order valence-electron chi connectivity index (χ2n) is 3.61. The lowest BCUT2D eigenvalue weighted by Gasteiger charge is -2.14. The molecule has 1 rings (SSSR count). The Morgan fingerprint density at radius 1 is 1.40 bits per heavy atom. The zero-order valence-corrected chi connectivity index (χ0v) is 8.99. The van der Waals surface area contributed by atoms with E-state index in [2.05, 4.69) is 6.92 Å². The van der Waals surface area contributed by atoms with Gasteiger partial charge in [0, 0.05) is 5.02 Å². The highest BCUT2D eigenvalue weighted by molar-refractivity contribution is 6.30. The molecule has 0 N–H and O–H groups in total. The summed E-state index contributed by atoms with van der Waals surface area (Å²) < 4.78 is 37.8. The number of rotatable bonds is 2. The zero-order valence-electron chi connectivity index (χ0n) is 8.24. The smallest absolute Gasteiger partial charge is 0.166 e. The fourth-order valence-electron chi connectivity index (χ4n) is 1.37. The molecular weight excluding hydrogens is 225 g/mol. The number of halogens is 4. The summed E-state index contributed by atoms with van der Waals surface area (Å²) >= 11 is 5.54. The topological polar surface area (TPSA) is 0 Å². The van der Waals surface area contributed by atoms with Crippen molar-refractivity contribution in [2.24, 2.45) is 5.92 Å². The van der Waals surface area contributed by atoms with E-state index in [1.807, 2.05) is 0 Å². The molecule has 0 aliphatic carbocycles. The molecule has 0 nitrogen and oxygen atoms in total. The minimum Gasteiger partial charge on any atom is -0.166 e. The molecule has 0 spiro atoms. The van der Waals surface area contributed by atoms with Gasteiger partial charge in [0.2, 0.25) is 0 Å². The largest absolute Gasteiger partial charge is 0.416 e. The minimum atomic E-state index is -4.35. The standard InChI is InChI=1S/C11H11ClF3/c1-7(2)5-8-3-4-9(12)6-10(8)11(13,14)15/h3-4,6-7H,1,5H2,2H3. The first kappa shape index (κ1) is 12.4. The fraction of sp³-hybridized carbons (Fsp3) is 0.364. The molecule has 0 saturated heterocycles. The molecule has 1 radical (unpaired) electrons. The second-order valence-corrected chi connectivity index (χ2v) is 4.04. The Kier molecular flexibility index (Phi) is 3.66. The summed E-state index contributed by atoms with van der Waals surface area (Å²) in [6.07, 6.45) is -4.05. The first-order chi connectivity index (χ1) is 6.80. The van der Waals surface area contributed by atoms with E-state index < -0.39 is 11.7 Å². The molecule has 1 aromatic carbocycles. The first-order valence-corrected chi connectivity index (χ1v) is 4.87. The van der Waals surface area contributed by atoms with Crippen molar-refractivity contribution in [2.75, 3.05) is 0 Å². The lowest BCUT2D eigenvalue weighted by atomic mass is 9.98. The highest BCUT2D eigenvalue weighted by atomic mass is 35.5. The lowest BCUT2D eigenvalue weighted by molar-refractivity contribution is -0.138. The molecule has 1 unspecified atom stereocenters. The maximum atomic E-state index is 12.6. The Bertz CT molecular complexity index is 342. The summed E-state index contributed by atoms with van der Waals surface area (Å²) in [5, 5.41) is 0.0998. The van der Waals surface area contributed by atoms with Crippen LogP contribution in [-0.4, -0.2) is 0 Å². The first-order valence-electron chi connectivity index (χ1n) is 4.49. The van der Waals surface area contributed by atoms with E-state index in [0.717, 1.165) is 6.07 Å². The third-order valence-electron chi connectivity index (χ3n) is 1.95. The maximum Gasteiger partial charge on any atom is 0.416 e. The third-order valence-corrected chi connectivity index (χ3v) is 2.18. The van der Waals surface area contributed by atoms with Gasteiger partial charge in [-0.2, -0.15) is 13.2 Å². The molecular formula is C11H11ClF3.